The lowest BCUT2D eigenvalue weighted by atomic mass is 10.1. The second-order valence-corrected chi connectivity index (χ2v) is 7.04. The number of carbonyl (C=O) groups excluding carboxylic acids is 3. The number of hydrogen-bond donors (Lipinski definition) is 2. The molecule has 0 fully saturated rings. The third-order valence-electron chi connectivity index (χ3n) is 4.49. The molecule has 0 spiro atoms. The Morgan fingerprint density at radius 2 is 1.67 bits per heavy atom. The number of ether oxygens (including phenoxy) is 2. The molecule has 3 aromatic carbocycles. The van der Waals surface area contributed by atoms with E-state index < -0.39 is 11.9 Å². The average Bonchev–Trinajstić information content (AvgIpc) is 2.83. The summed E-state index contributed by atoms with van der Waals surface area (Å²) in [5.41, 5.74) is 4.77. The van der Waals surface area contributed by atoms with Gasteiger partial charge in [-0.25, -0.2) is 10.2 Å². The van der Waals surface area contributed by atoms with E-state index in [1.165, 1.54) is 6.21 Å². The predicted molar refractivity (Wildman–Crippen MR) is 124 cm³/mol. The summed E-state index contributed by atoms with van der Waals surface area (Å²) in [6.45, 7) is 1.66. The van der Waals surface area contributed by atoms with Gasteiger partial charge >= 0.3 is 5.97 Å². The maximum Gasteiger partial charge on any atom is 0.343 e. The van der Waals surface area contributed by atoms with Crippen LogP contribution in [-0.4, -0.2) is 37.7 Å². The number of nitrogens with one attached hydrogen (secondary N) is 2. The van der Waals surface area contributed by atoms with Crippen LogP contribution in [0, 0.1) is 6.92 Å². The second kappa shape index (κ2) is 11.2. The van der Waals surface area contributed by atoms with Crippen molar-refractivity contribution >= 4 is 24.0 Å². The number of amides is 2. The van der Waals surface area contributed by atoms with Crippen LogP contribution >= 0.6 is 0 Å². The highest BCUT2D eigenvalue weighted by Crippen LogP contribution is 2.16. The van der Waals surface area contributed by atoms with Gasteiger partial charge in [0.1, 0.15) is 11.5 Å². The van der Waals surface area contributed by atoms with Crippen LogP contribution in [0.5, 0.6) is 11.5 Å². The zero-order valence-corrected chi connectivity index (χ0v) is 18.2. The first-order valence-electron chi connectivity index (χ1n) is 10.1. The molecular formula is C25H23N3O5. The van der Waals surface area contributed by atoms with Crippen LogP contribution < -0.4 is 20.2 Å². The Kier molecular flexibility index (Phi) is 7.91. The van der Waals surface area contributed by atoms with Crippen LogP contribution in [0.4, 0.5) is 0 Å². The van der Waals surface area contributed by atoms with Gasteiger partial charge in [-0.1, -0.05) is 29.8 Å². The molecule has 33 heavy (non-hydrogen) atoms. The van der Waals surface area contributed by atoms with Gasteiger partial charge in [-0.3, -0.25) is 9.59 Å². The van der Waals surface area contributed by atoms with Gasteiger partial charge in [-0.05, 0) is 61.0 Å². The summed E-state index contributed by atoms with van der Waals surface area (Å²) >= 11 is 0. The minimum Gasteiger partial charge on any atom is -0.497 e. The fraction of sp³-hybridized carbons (Fsp3) is 0.120. The maximum absolute atomic E-state index is 12.3. The number of rotatable bonds is 8. The Morgan fingerprint density at radius 3 is 2.39 bits per heavy atom. The molecule has 0 atom stereocenters. The lowest BCUT2D eigenvalue weighted by Gasteiger charge is -2.06. The molecule has 0 saturated carbocycles. The highest BCUT2D eigenvalue weighted by molar-refractivity contribution is 5.96. The van der Waals surface area contributed by atoms with E-state index in [0.29, 0.717) is 28.2 Å². The van der Waals surface area contributed by atoms with Crippen LogP contribution in [0.3, 0.4) is 0 Å². The Hall–Kier alpha value is -4.46. The summed E-state index contributed by atoms with van der Waals surface area (Å²) in [5, 5.41) is 6.41. The molecule has 3 rings (SSSR count). The lowest BCUT2D eigenvalue weighted by molar-refractivity contribution is -0.120. The van der Waals surface area contributed by atoms with Crippen molar-refractivity contribution in [2.45, 2.75) is 6.92 Å². The van der Waals surface area contributed by atoms with E-state index >= 15 is 0 Å². The molecule has 168 valence electrons. The number of hydrazone groups is 1. The van der Waals surface area contributed by atoms with Crippen LogP contribution in [0.2, 0.25) is 0 Å². The number of nitrogens with zero attached hydrogens (tertiary/aromatic N) is 1. The minimum atomic E-state index is -0.510. The molecule has 8 heteroatoms. The number of carbonyl (C=O) groups is 3. The number of methoxy groups -OCH3 is 1. The highest BCUT2D eigenvalue weighted by Gasteiger charge is 2.09. The summed E-state index contributed by atoms with van der Waals surface area (Å²) < 4.78 is 10.5. The third kappa shape index (κ3) is 7.03. The Labute approximate surface area is 191 Å². The van der Waals surface area contributed by atoms with Gasteiger partial charge in [-0.15, -0.1) is 0 Å². The largest absolute Gasteiger partial charge is 0.497 e. The van der Waals surface area contributed by atoms with Crippen LogP contribution in [0.25, 0.3) is 0 Å². The monoisotopic (exact) mass is 445 g/mol. The zero-order chi connectivity index (χ0) is 23.6. The molecule has 0 aromatic heterocycles. The topological polar surface area (TPSA) is 106 Å². The molecule has 0 bridgehead atoms. The Morgan fingerprint density at radius 1 is 0.909 bits per heavy atom. The first kappa shape index (κ1) is 23.2. The molecule has 0 radical (unpaired) electrons. The standard InChI is InChI=1S/C25H23N3O5/c1-17-5-3-7-20(13-17)24(30)26-16-23(29)28-27-15-18-6-4-8-22(14-18)33-25(31)19-9-11-21(32-2)12-10-19/h3-15H,16H2,1-2H3,(H,26,30)(H,28,29)/b27-15+. The van der Waals surface area contributed by atoms with Gasteiger partial charge in [0.25, 0.3) is 11.8 Å². The highest BCUT2D eigenvalue weighted by atomic mass is 16.5. The summed E-state index contributed by atoms with van der Waals surface area (Å²) in [6, 6.07) is 20.3. The van der Waals surface area contributed by atoms with Crippen molar-refractivity contribution < 1.29 is 23.9 Å². The molecule has 0 heterocycles. The Bertz CT molecular complexity index is 1170. The number of benzene rings is 3. The van der Waals surface area contributed by atoms with E-state index in [2.05, 4.69) is 15.8 Å². The summed E-state index contributed by atoms with van der Waals surface area (Å²) in [7, 11) is 1.55. The van der Waals surface area contributed by atoms with Gasteiger partial charge in [0, 0.05) is 5.56 Å². The fourth-order valence-corrected chi connectivity index (χ4v) is 2.82. The lowest BCUT2D eigenvalue weighted by Crippen LogP contribution is -2.34. The van der Waals surface area contributed by atoms with Crippen molar-refractivity contribution in [2.75, 3.05) is 13.7 Å². The molecular weight excluding hydrogens is 422 g/mol. The van der Waals surface area contributed by atoms with E-state index in [1.54, 1.807) is 73.8 Å². The molecule has 2 N–H and O–H groups in total. The molecule has 8 nitrogen and oxygen atoms in total. The van der Waals surface area contributed by atoms with Crippen molar-refractivity contribution in [1.29, 1.82) is 0 Å². The molecule has 0 aliphatic heterocycles. The predicted octanol–water partition coefficient (Wildman–Crippen LogP) is 3.10. The van der Waals surface area contributed by atoms with Gasteiger partial charge in [-0.2, -0.15) is 5.10 Å². The van der Waals surface area contributed by atoms with Crippen molar-refractivity contribution in [1.82, 2.24) is 10.7 Å². The number of hydrogen-bond acceptors (Lipinski definition) is 6. The van der Waals surface area contributed by atoms with Crippen LogP contribution in [0.1, 0.15) is 31.8 Å². The van der Waals surface area contributed by atoms with Crippen LogP contribution in [0.15, 0.2) is 77.9 Å². The van der Waals surface area contributed by atoms with Gasteiger partial charge in [0.05, 0.1) is 25.4 Å². The zero-order valence-electron chi connectivity index (χ0n) is 18.2. The number of aryl methyl sites for hydroxylation is 1. The van der Waals surface area contributed by atoms with E-state index in [4.69, 9.17) is 9.47 Å². The van der Waals surface area contributed by atoms with Crippen molar-refractivity contribution in [3.63, 3.8) is 0 Å². The molecule has 2 amide bonds. The molecule has 0 saturated heterocycles. The molecule has 0 aliphatic carbocycles. The molecule has 0 aliphatic rings. The molecule has 3 aromatic rings. The normalized spacial score (nSPS) is 10.5. The fourth-order valence-electron chi connectivity index (χ4n) is 2.82. The minimum absolute atomic E-state index is 0.219. The van der Waals surface area contributed by atoms with Gasteiger partial charge in [0.15, 0.2) is 0 Å². The SMILES string of the molecule is COc1ccc(C(=O)Oc2cccc(/C=N/NC(=O)CNC(=O)c3cccc(C)c3)c2)cc1. The van der Waals surface area contributed by atoms with Crippen molar-refractivity contribution in [3.8, 4) is 11.5 Å². The third-order valence-corrected chi connectivity index (χ3v) is 4.49. The van der Waals surface area contributed by atoms with Gasteiger partial charge < -0.3 is 14.8 Å². The van der Waals surface area contributed by atoms with Gasteiger partial charge in [0.2, 0.25) is 0 Å². The summed E-state index contributed by atoms with van der Waals surface area (Å²) in [4.78, 5) is 36.3. The maximum atomic E-state index is 12.3. The molecule has 0 unspecified atom stereocenters. The first-order chi connectivity index (χ1) is 15.9. The summed E-state index contributed by atoms with van der Waals surface area (Å²) in [6.07, 6.45) is 1.41. The van der Waals surface area contributed by atoms with E-state index in [1.807, 2.05) is 13.0 Å². The van der Waals surface area contributed by atoms with E-state index in [0.717, 1.165) is 5.56 Å². The van der Waals surface area contributed by atoms with E-state index in [9.17, 15) is 14.4 Å². The Balaban J connectivity index is 1.49. The van der Waals surface area contributed by atoms with Crippen LogP contribution in [-0.2, 0) is 4.79 Å². The van der Waals surface area contributed by atoms with E-state index in [-0.39, 0.29) is 12.5 Å². The van der Waals surface area contributed by atoms with Crippen molar-refractivity contribution in [2.24, 2.45) is 5.10 Å². The first-order valence-corrected chi connectivity index (χ1v) is 10.1. The summed E-state index contributed by atoms with van der Waals surface area (Å²) in [5.74, 6) is -0.360. The van der Waals surface area contributed by atoms with Crippen molar-refractivity contribution in [3.05, 3.63) is 95.1 Å². The average molecular weight is 445 g/mol. The smallest absolute Gasteiger partial charge is 0.343 e. The number of esters is 1. The second-order valence-electron chi connectivity index (χ2n) is 7.04. The quantitative estimate of drug-likeness (QED) is 0.240.